The highest BCUT2D eigenvalue weighted by Crippen LogP contribution is 2.14. The Balaban J connectivity index is 2.00. The van der Waals surface area contributed by atoms with Crippen LogP contribution < -0.4 is 5.73 Å². The van der Waals surface area contributed by atoms with Crippen molar-refractivity contribution in [1.82, 2.24) is 10.1 Å². The lowest BCUT2D eigenvalue weighted by atomic mass is 10.2. The number of rotatable bonds is 4. The molecule has 0 amide bonds. The van der Waals surface area contributed by atoms with E-state index in [4.69, 9.17) is 10.3 Å². The van der Waals surface area contributed by atoms with E-state index in [0.717, 1.165) is 11.5 Å². The number of aromatic nitrogens is 1. The summed E-state index contributed by atoms with van der Waals surface area (Å²) in [6.45, 7) is 2.95. The molecule has 0 spiro atoms. The first kappa shape index (κ1) is 12.6. The van der Waals surface area contributed by atoms with E-state index in [-0.39, 0.29) is 5.82 Å². The van der Waals surface area contributed by atoms with Crippen LogP contribution in [0.15, 0.2) is 28.8 Å². The van der Waals surface area contributed by atoms with Crippen LogP contribution >= 0.6 is 0 Å². The molecule has 0 fully saturated rings. The average Bonchev–Trinajstić information content (AvgIpc) is 2.68. The number of nitrogens with two attached hydrogens (primary N) is 1. The van der Waals surface area contributed by atoms with E-state index in [9.17, 15) is 4.39 Å². The van der Waals surface area contributed by atoms with Crippen molar-refractivity contribution in [3.05, 3.63) is 47.1 Å². The van der Waals surface area contributed by atoms with E-state index < -0.39 is 0 Å². The van der Waals surface area contributed by atoms with E-state index in [0.29, 0.717) is 24.3 Å². The predicted octanol–water partition coefficient (Wildman–Crippen LogP) is 2.34. The van der Waals surface area contributed by atoms with Crippen molar-refractivity contribution in [1.29, 1.82) is 0 Å². The summed E-state index contributed by atoms with van der Waals surface area (Å²) in [6.07, 6.45) is 0. The number of nitrogen functional groups attached to an aromatic ring is 1. The summed E-state index contributed by atoms with van der Waals surface area (Å²) in [5, 5.41) is 3.90. The zero-order valence-electron chi connectivity index (χ0n) is 10.5. The average molecular weight is 249 g/mol. The zero-order valence-corrected chi connectivity index (χ0v) is 10.5. The first-order valence-electron chi connectivity index (χ1n) is 5.69. The maximum absolute atomic E-state index is 13.6. The number of halogens is 1. The summed E-state index contributed by atoms with van der Waals surface area (Å²) in [5.41, 5.74) is 7.40. The molecule has 0 saturated carbocycles. The topological polar surface area (TPSA) is 55.3 Å². The number of hydrogen-bond donors (Lipinski definition) is 1. The van der Waals surface area contributed by atoms with Gasteiger partial charge in [0.25, 0.3) is 0 Å². The van der Waals surface area contributed by atoms with Gasteiger partial charge >= 0.3 is 0 Å². The first-order valence-corrected chi connectivity index (χ1v) is 5.69. The second-order valence-corrected chi connectivity index (χ2v) is 4.45. The number of hydrogen-bond acceptors (Lipinski definition) is 4. The first-order chi connectivity index (χ1) is 8.54. The fourth-order valence-corrected chi connectivity index (χ4v) is 1.81. The van der Waals surface area contributed by atoms with Gasteiger partial charge < -0.3 is 10.3 Å². The predicted molar refractivity (Wildman–Crippen MR) is 67.2 cm³/mol. The van der Waals surface area contributed by atoms with Crippen LogP contribution in [0.1, 0.15) is 17.0 Å². The van der Waals surface area contributed by atoms with Crippen LogP contribution in [0.3, 0.4) is 0 Å². The minimum atomic E-state index is -0.279. The van der Waals surface area contributed by atoms with E-state index in [1.165, 1.54) is 6.07 Å². The smallest absolute Gasteiger partial charge is 0.133 e. The Morgan fingerprint density at radius 1 is 1.33 bits per heavy atom. The van der Waals surface area contributed by atoms with Crippen molar-refractivity contribution in [3.8, 4) is 0 Å². The molecule has 1 heterocycles. The fraction of sp³-hybridized carbons (Fsp3) is 0.308. The number of anilines is 1. The second kappa shape index (κ2) is 5.18. The molecule has 0 aliphatic carbocycles. The normalized spacial score (nSPS) is 11.1. The van der Waals surface area contributed by atoms with Crippen molar-refractivity contribution < 1.29 is 8.91 Å². The molecule has 0 aliphatic rings. The molecule has 1 aromatic carbocycles. The molecular weight excluding hydrogens is 233 g/mol. The third-order valence-electron chi connectivity index (χ3n) is 2.63. The molecule has 0 unspecified atom stereocenters. The van der Waals surface area contributed by atoms with Gasteiger partial charge in [-0.1, -0.05) is 11.2 Å². The maximum atomic E-state index is 13.6. The van der Waals surface area contributed by atoms with E-state index in [2.05, 4.69) is 5.16 Å². The van der Waals surface area contributed by atoms with Gasteiger partial charge in [0.1, 0.15) is 11.6 Å². The molecule has 2 rings (SSSR count). The van der Waals surface area contributed by atoms with Gasteiger partial charge in [0.2, 0.25) is 0 Å². The molecule has 1 aromatic heterocycles. The lowest BCUT2D eigenvalue weighted by Gasteiger charge is -2.15. The summed E-state index contributed by atoms with van der Waals surface area (Å²) in [6, 6.07) is 6.61. The Kier molecular flexibility index (Phi) is 3.62. The molecule has 0 atom stereocenters. The monoisotopic (exact) mass is 249 g/mol. The second-order valence-electron chi connectivity index (χ2n) is 4.45. The van der Waals surface area contributed by atoms with Crippen molar-refractivity contribution in [2.45, 2.75) is 20.0 Å². The summed E-state index contributed by atoms with van der Waals surface area (Å²) in [4.78, 5) is 1.96. The van der Waals surface area contributed by atoms with Crippen LogP contribution in [0.5, 0.6) is 0 Å². The van der Waals surface area contributed by atoms with E-state index in [1.54, 1.807) is 12.1 Å². The minimum absolute atomic E-state index is 0.279. The highest BCUT2D eigenvalue weighted by atomic mass is 19.1. The maximum Gasteiger partial charge on any atom is 0.133 e. The summed E-state index contributed by atoms with van der Waals surface area (Å²) >= 11 is 0. The molecule has 0 bridgehead atoms. The molecule has 4 nitrogen and oxygen atoms in total. The van der Waals surface area contributed by atoms with E-state index >= 15 is 0 Å². The molecule has 96 valence electrons. The lowest BCUT2D eigenvalue weighted by Crippen LogP contribution is -2.18. The van der Waals surface area contributed by atoms with Crippen LogP contribution in [0.2, 0.25) is 0 Å². The molecule has 0 saturated heterocycles. The molecule has 2 N–H and O–H groups in total. The number of aryl methyl sites for hydroxylation is 1. The molecule has 0 radical (unpaired) electrons. The summed E-state index contributed by atoms with van der Waals surface area (Å²) in [5.74, 6) is 0.496. The molecule has 0 aliphatic heterocycles. The van der Waals surface area contributed by atoms with Crippen LogP contribution in [-0.4, -0.2) is 17.1 Å². The minimum Gasteiger partial charge on any atom is -0.399 e. The molecule has 2 aromatic rings. The number of benzene rings is 1. The van der Waals surface area contributed by atoms with Crippen LogP contribution in [0, 0.1) is 12.7 Å². The quantitative estimate of drug-likeness (QED) is 0.845. The standard InChI is InChI=1S/C13H16FN3O/c1-9-5-12(16-18-9)8-17(2)7-10-3-4-11(15)6-13(10)14/h3-6H,7-8,15H2,1-2H3. The highest BCUT2D eigenvalue weighted by Gasteiger charge is 2.08. The van der Waals surface area contributed by atoms with Gasteiger partial charge in [-0.3, -0.25) is 4.90 Å². The fourth-order valence-electron chi connectivity index (χ4n) is 1.81. The van der Waals surface area contributed by atoms with Crippen LogP contribution in [-0.2, 0) is 13.1 Å². The van der Waals surface area contributed by atoms with Crippen molar-refractivity contribution >= 4 is 5.69 Å². The van der Waals surface area contributed by atoms with Gasteiger partial charge in [-0.25, -0.2) is 4.39 Å². The van der Waals surface area contributed by atoms with Crippen molar-refractivity contribution in [2.75, 3.05) is 12.8 Å². The van der Waals surface area contributed by atoms with E-state index in [1.807, 2.05) is 24.9 Å². The SMILES string of the molecule is Cc1cc(CN(C)Cc2ccc(N)cc2F)no1. The van der Waals surface area contributed by atoms with Gasteiger partial charge in [-0.05, 0) is 26.1 Å². The molecule has 18 heavy (non-hydrogen) atoms. The molecule has 5 heteroatoms. The molecular formula is C13H16FN3O. The largest absolute Gasteiger partial charge is 0.399 e. The Bertz CT molecular complexity index is 539. The summed E-state index contributed by atoms with van der Waals surface area (Å²) in [7, 11) is 1.90. The third-order valence-corrected chi connectivity index (χ3v) is 2.63. The Hall–Kier alpha value is -1.88. The Morgan fingerprint density at radius 3 is 2.72 bits per heavy atom. The Labute approximate surface area is 105 Å². The van der Waals surface area contributed by atoms with Gasteiger partial charge in [0.05, 0.1) is 5.69 Å². The summed E-state index contributed by atoms with van der Waals surface area (Å²) < 4.78 is 18.6. The van der Waals surface area contributed by atoms with Crippen molar-refractivity contribution in [2.24, 2.45) is 0 Å². The van der Waals surface area contributed by atoms with Crippen molar-refractivity contribution in [3.63, 3.8) is 0 Å². The Morgan fingerprint density at radius 2 is 2.11 bits per heavy atom. The van der Waals surface area contributed by atoms with Gasteiger partial charge in [-0.15, -0.1) is 0 Å². The van der Waals surface area contributed by atoms with Crippen LogP contribution in [0.25, 0.3) is 0 Å². The van der Waals surface area contributed by atoms with Crippen LogP contribution in [0.4, 0.5) is 10.1 Å². The zero-order chi connectivity index (χ0) is 13.1. The van der Waals surface area contributed by atoms with Gasteiger partial charge in [0, 0.05) is 30.4 Å². The lowest BCUT2D eigenvalue weighted by molar-refractivity contribution is 0.298. The number of nitrogens with zero attached hydrogens (tertiary/aromatic N) is 2. The third kappa shape index (κ3) is 3.07. The van der Waals surface area contributed by atoms with Gasteiger partial charge in [0.15, 0.2) is 0 Å². The van der Waals surface area contributed by atoms with Gasteiger partial charge in [-0.2, -0.15) is 0 Å². The highest BCUT2D eigenvalue weighted by molar-refractivity contribution is 5.40.